The Morgan fingerprint density at radius 1 is 0.720 bits per heavy atom. The smallest absolute Gasteiger partial charge is 0.227 e. The predicted molar refractivity (Wildman–Crippen MR) is 100 cm³/mol. The maximum Gasteiger partial charge on any atom is 0.227 e. The molecule has 0 spiro atoms. The van der Waals surface area contributed by atoms with E-state index < -0.39 is 0 Å². The van der Waals surface area contributed by atoms with Gasteiger partial charge >= 0.3 is 0 Å². The summed E-state index contributed by atoms with van der Waals surface area (Å²) in [6, 6.07) is 28.3. The number of aromatic nitrogens is 1. The molecule has 0 radical (unpaired) electrons. The van der Waals surface area contributed by atoms with Crippen LogP contribution in [0.4, 0.5) is 0 Å². The lowest BCUT2D eigenvalue weighted by molar-refractivity contribution is -0.683. The molecule has 0 saturated heterocycles. The van der Waals surface area contributed by atoms with Crippen molar-refractivity contribution in [3.05, 3.63) is 103 Å². The van der Waals surface area contributed by atoms with Crippen LogP contribution in [0.5, 0.6) is 0 Å². The zero-order valence-corrected chi connectivity index (χ0v) is 13.8. The number of hydrogen-bond donors (Lipinski definition) is 0. The summed E-state index contributed by atoms with van der Waals surface area (Å²) in [7, 11) is 0. The van der Waals surface area contributed by atoms with Gasteiger partial charge in [-0.1, -0.05) is 72.8 Å². The summed E-state index contributed by atoms with van der Waals surface area (Å²) in [6.07, 6.45) is 3.94. The fourth-order valence-electron chi connectivity index (χ4n) is 3.10. The van der Waals surface area contributed by atoms with Gasteiger partial charge in [-0.15, -0.1) is 0 Å². The molecule has 0 aliphatic rings. The molecule has 120 valence electrons. The van der Waals surface area contributed by atoms with Gasteiger partial charge in [-0.3, -0.25) is 4.79 Å². The monoisotopic (exact) mass is 324 g/mol. The van der Waals surface area contributed by atoms with Gasteiger partial charge in [0, 0.05) is 17.7 Å². The molecular weight excluding hydrogens is 306 g/mol. The van der Waals surface area contributed by atoms with Crippen LogP contribution in [0.3, 0.4) is 0 Å². The minimum Gasteiger partial charge on any atom is -0.287 e. The molecule has 1 aromatic heterocycles. The van der Waals surface area contributed by atoms with Gasteiger partial charge in [0.1, 0.15) is 0 Å². The lowest BCUT2D eigenvalue weighted by atomic mass is 9.99. The molecule has 0 aliphatic heterocycles. The van der Waals surface area contributed by atoms with Crippen LogP contribution in [0.1, 0.15) is 10.4 Å². The number of carbonyl (C=O) groups excluding carboxylic acids is 1. The van der Waals surface area contributed by atoms with Crippen molar-refractivity contribution in [1.82, 2.24) is 0 Å². The van der Waals surface area contributed by atoms with Crippen LogP contribution in [0, 0.1) is 0 Å². The molecule has 0 aliphatic carbocycles. The van der Waals surface area contributed by atoms with Crippen molar-refractivity contribution in [2.75, 3.05) is 0 Å². The first-order valence-corrected chi connectivity index (χ1v) is 8.37. The number of hydrogen-bond acceptors (Lipinski definition) is 1. The number of nitrogens with zero attached hydrogens (tertiary/aromatic N) is 1. The summed E-state index contributed by atoms with van der Waals surface area (Å²) in [6.45, 7) is 0.347. The van der Waals surface area contributed by atoms with Crippen LogP contribution in [0.2, 0.25) is 0 Å². The van der Waals surface area contributed by atoms with Crippen molar-refractivity contribution >= 4 is 16.6 Å². The number of rotatable bonds is 4. The summed E-state index contributed by atoms with van der Waals surface area (Å²) in [5, 5.41) is 2.47. The zero-order valence-electron chi connectivity index (χ0n) is 13.8. The van der Waals surface area contributed by atoms with Gasteiger partial charge in [0.25, 0.3) is 0 Å². The van der Waals surface area contributed by atoms with Crippen LogP contribution in [0.25, 0.3) is 21.9 Å². The molecule has 0 amide bonds. The van der Waals surface area contributed by atoms with E-state index >= 15 is 0 Å². The second kappa shape index (κ2) is 6.70. The summed E-state index contributed by atoms with van der Waals surface area (Å²) in [5.41, 5.74) is 3.10. The standard InChI is InChI=1S/C23H18NO/c25-23(20-8-2-1-3-9-20)17-24-15-13-19(14-16-24)22-12-6-10-18-7-4-5-11-21(18)22/h1-16H,17H2/q+1. The predicted octanol–water partition coefficient (Wildman–Crippen LogP) is 4.68. The molecule has 4 rings (SSSR count). The highest BCUT2D eigenvalue weighted by Gasteiger charge is 2.12. The number of Topliss-reactive ketones (excluding diaryl/α,β-unsaturated/α-hetero) is 1. The molecule has 25 heavy (non-hydrogen) atoms. The van der Waals surface area contributed by atoms with Crippen LogP contribution >= 0.6 is 0 Å². The highest BCUT2D eigenvalue weighted by Crippen LogP contribution is 2.27. The van der Waals surface area contributed by atoms with E-state index in [9.17, 15) is 4.79 Å². The topological polar surface area (TPSA) is 20.9 Å². The first-order chi connectivity index (χ1) is 12.3. The van der Waals surface area contributed by atoms with E-state index in [4.69, 9.17) is 0 Å². The third-order valence-electron chi connectivity index (χ3n) is 4.41. The molecule has 2 nitrogen and oxygen atoms in total. The van der Waals surface area contributed by atoms with Crippen LogP contribution < -0.4 is 4.57 Å². The Bertz CT molecular complexity index is 1020. The Labute approximate surface area is 147 Å². The number of fused-ring (bicyclic) bond motifs is 1. The Morgan fingerprint density at radius 3 is 2.20 bits per heavy atom. The lowest BCUT2D eigenvalue weighted by Crippen LogP contribution is -2.37. The Balaban J connectivity index is 1.61. The first kappa shape index (κ1) is 15.3. The Kier molecular flexibility index (Phi) is 4.09. The van der Waals surface area contributed by atoms with Crippen LogP contribution in [-0.4, -0.2) is 5.78 Å². The third kappa shape index (κ3) is 3.20. The number of carbonyl (C=O) groups is 1. The van der Waals surface area contributed by atoms with Crippen molar-refractivity contribution in [3.63, 3.8) is 0 Å². The van der Waals surface area contributed by atoms with Gasteiger partial charge in [-0.2, -0.15) is 4.57 Å². The van der Waals surface area contributed by atoms with Gasteiger partial charge in [-0.05, 0) is 21.9 Å². The normalized spacial score (nSPS) is 10.7. The Hall–Kier alpha value is -3.26. The molecule has 0 atom stereocenters. The molecule has 0 bridgehead atoms. The van der Waals surface area contributed by atoms with Gasteiger partial charge < -0.3 is 0 Å². The molecule has 3 aromatic carbocycles. The average Bonchev–Trinajstić information content (AvgIpc) is 2.69. The maximum absolute atomic E-state index is 12.3. The van der Waals surface area contributed by atoms with E-state index in [2.05, 4.69) is 54.6 Å². The first-order valence-electron chi connectivity index (χ1n) is 8.37. The van der Waals surface area contributed by atoms with Crippen molar-refractivity contribution < 1.29 is 9.36 Å². The van der Waals surface area contributed by atoms with E-state index in [0.717, 1.165) is 11.1 Å². The second-order valence-corrected chi connectivity index (χ2v) is 6.08. The SMILES string of the molecule is O=C(C[n+]1ccc(-c2cccc3ccccc23)cc1)c1ccccc1. The maximum atomic E-state index is 12.3. The minimum atomic E-state index is 0.114. The fraction of sp³-hybridized carbons (Fsp3) is 0.0435. The average molecular weight is 324 g/mol. The van der Waals surface area contributed by atoms with E-state index in [1.165, 1.54) is 16.3 Å². The largest absolute Gasteiger partial charge is 0.287 e. The van der Waals surface area contributed by atoms with E-state index in [0.29, 0.717) is 6.54 Å². The summed E-state index contributed by atoms with van der Waals surface area (Å²) < 4.78 is 1.92. The fourth-order valence-corrected chi connectivity index (χ4v) is 3.10. The highest BCUT2D eigenvalue weighted by atomic mass is 16.1. The quantitative estimate of drug-likeness (QED) is 0.394. The number of benzene rings is 3. The van der Waals surface area contributed by atoms with Crippen molar-refractivity contribution in [3.8, 4) is 11.1 Å². The molecule has 2 heteroatoms. The van der Waals surface area contributed by atoms with Crippen LogP contribution in [0.15, 0.2) is 97.3 Å². The number of pyridine rings is 1. The molecule has 0 N–H and O–H groups in total. The molecule has 1 heterocycles. The van der Waals surface area contributed by atoms with Gasteiger partial charge in [0.2, 0.25) is 12.3 Å². The number of ketones is 1. The van der Waals surface area contributed by atoms with Crippen LogP contribution in [-0.2, 0) is 6.54 Å². The highest BCUT2D eigenvalue weighted by molar-refractivity contribution is 5.96. The zero-order chi connectivity index (χ0) is 17.1. The summed E-state index contributed by atoms with van der Waals surface area (Å²) in [4.78, 5) is 12.3. The van der Waals surface area contributed by atoms with E-state index in [1.807, 2.05) is 47.3 Å². The van der Waals surface area contributed by atoms with Gasteiger partial charge in [0.15, 0.2) is 12.4 Å². The van der Waals surface area contributed by atoms with Crippen molar-refractivity contribution in [2.45, 2.75) is 6.54 Å². The molecule has 4 aromatic rings. The van der Waals surface area contributed by atoms with E-state index in [1.54, 1.807) is 0 Å². The summed E-state index contributed by atoms with van der Waals surface area (Å²) in [5.74, 6) is 0.114. The lowest BCUT2D eigenvalue weighted by Gasteiger charge is -2.06. The van der Waals surface area contributed by atoms with Crippen molar-refractivity contribution in [2.24, 2.45) is 0 Å². The summed E-state index contributed by atoms with van der Waals surface area (Å²) >= 11 is 0. The van der Waals surface area contributed by atoms with E-state index in [-0.39, 0.29) is 5.78 Å². The van der Waals surface area contributed by atoms with Gasteiger partial charge in [0.05, 0.1) is 0 Å². The molecular formula is C23H18NO+. The molecule has 0 fully saturated rings. The van der Waals surface area contributed by atoms with Crippen molar-refractivity contribution in [1.29, 1.82) is 0 Å². The molecule has 0 unspecified atom stereocenters. The second-order valence-electron chi connectivity index (χ2n) is 6.08. The minimum absolute atomic E-state index is 0.114. The molecule has 0 saturated carbocycles. The van der Waals surface area contributed by atoms with Gasteiger partial charge in [-0.25, -0.2) is 0 Å². The third-order valence-corrected chi connectivity index (χ3v) is 4.41. The Morgan fingerprint density at radius 2 is 1.40 bits per heavy atom.